The predicted octanol–water partition coefficient (Wildman–Crippen LogP) is 2.24. The molecule has 1 unspecified atom stereocenters. The standard InChI is InChI=1S/C10H13BrN2/c1-6-7-2-3-9(12)10(11)8(7)4-5-13-6/h2-3,6,13H,4-5,12H2,1H3. The van der Waals surface area contributed by atoms with Crippen molar-refractivity contribution in [1.82, 2.24) is 5.32 Å². The van der Waals surface area contributed by atoms with Crippen molar-refractivity contribution in [2.75, 3.05) is 12.3 Å². The molecule has 3 heteroatoms. The van der Waals surface area contributed by atoms with Crippen LogP contribution in [0.4, 0.5) is 5.69 Å². The largest absolute Gasteiger partial charge is 0.398 e. The Morgan fingerprint density at radius 3 is 3.08 bits per heavy atom. The fourth-order valence-electron chi connectivity index (χ4n) is 1.84. The van der Waals surface area contributed by atoms with Crippen molar-refractivity contribution in [3.05, 3.63) is 27.7 Å². The zero-order valence-corrected chi connectivity index (χ0v) is 9.19. The van der Waals surface area contributed by atoms with Crippen LogP contribution in [0, 0.1) is 0 Å². The normalized spacial score (nSPS) is 21.2. The van der Waals surface area contributed by atoms with Crippen molar-refractivity contribution in [3.8, 4) is 0 Å². The quantitative estimate of drug-likeness (QED) is 0.683. The molecule has 0 aromatic heterocycles. The van der Waals surface area contributed by atoms with E-state index in [0.29, 0.717) is 6.04 Å². The second-order valence-electron chi connectivity index (χ2n) is 3.46. The number of anilines is 1. The third-order valence-electron chi connectivity index (χ3n) is 2.60. The first kappa shape index (κ1) is 9.03. The molecular weight excluding hydrogens is 228 g/mol. The Morgan fingerprint density at radius 2 is 2.31 bits per heavy atom. The third-order valence-corrected chi connectivity index (χ3v) is 3.54. The zero-order chi connectivity index (χ0) is 9.42. The van der Waals surface area contributed by atoms with E-state index >= 15 is 0 Å². The van der Waals surface area contributed by atoms with Gasteiger partial charge in [0.25, 0.3) is 0 Å². The molecule has 0 amide bonds. The minimum absolute atomic E-state index is 0.445. The third kappa shape index (κ3) is 1.46. The van der Waals surface area contributed by atoms with E-state index in [1.165, 1.54) is 11.1 Å². The molecule has 0 radical (unpaired) electrons. The molecule has 0 aliphatic carbocycles. The van der Waals surface area contributed by atoms with Gasteiger partial charge in [-0.15, -0.1) is 0 Å². The maximum Gasteiger partial charge on any atom is 0.0461 e. The van der Waals surface area contributed by atoms with Crippen LogP contribution in [-0.2, 0) is 6.42 Å². The summed E-state index contributed by atoms with van der Waals surface area (Å²) in [5.41, 5.74) is 9.40. The summed E-state index contributed by atoms with van der Waals surface area (Å²) in [5, 5.41) is 3.42. The highest BCUT2D eigenvalue weighted by atomic mass is 79.9. The number of nitrogen functional groups attached to an aromatic ring is 1. The summed E-state index contributed by atoms with van der Waals surface area (Å²) >= 11 is 3.54. The summed E-state index contributed by atoms with van der Waals surface area (Å²) in [4.78, 5) is 0. The molecule has 0 spiro atoms. The average molecular weight is 241 g/mol. The highest BCUT2D eigenvalue weighted by Crippen LogP contribution is 2.32. The molecule has 0 bridgehead atoms. The summed E-state index contributed by atoms with van der Waals surface area (Å²) in [6, 6.07) is 4.53. The summed E-state index contributed by atoms with van der Waals surface area (Å²) in [7, 11) is 0. The number of fused-ring (bicyclic) bond motifs is 1. The van der Waals surface area contributed by atoms with Crippen molar-refractivity contribution in [2.24, 2.45) is 0 Å². The van der Waals surface area contributed by atoms with Gasteiger partial charge in [-0.1, -0.05) is 6.07 Å². The topological polar surface area (TPSA) is 38.0 Å². The summed E-state index contributed by atoms with van der Waals surface area (Å²) in [5.74, 6) is 0. The van der Waals surface area contributed by atoms with E-state index in [4.69, 9.17) is 5.73 Å². The molecule has 2 rings (SSSR count). The fraction of sp³-hybridized carbons (Fsp3) is 0.400. The minimum atomic E-state index is 0.445. The predicted molar refractivity (Wildman–Crippen MR) is 58.7 cm³/mol. The van der Waals surface area contributed by atoms with Crippen LogP contribution >= 0.6 is 15.9 Å². The Hall–Kier alpha value is -0.540. The number of benzene rings is 1. The molecule has 3 N–H and O–H groups in total. The summed E-state index contributed by atoms with van der Waals surface area (Å²) in [6.45, 7) is 3.22. The second kappa shape index (κ2) is 3.31. The molecule has 1 aliphatic heterocycles. The molecule has 13 heavy (non-hydrogen) atoms. The van der Waals surface area contributed by atoms with Crippen LogP contribution in [0.25, 0.3) is 0 Å². The summed E-state index contributed by atoms with van der Waals surface area (Å²) in [6.07, 6.45) is 1.06. The Bertz CT molecular complexity index is 336. The first-order chi connectivity index (χ1) is 6.20. The molecular formula is C10H13BrN2. The van der Waals surface area contributed by atoms with Gasteiger partial charge in [0.2, 0.25) is 0 Å². The Balaban J connectivity index is 2.56. The Labute approximate surface area is 86.6 Å². The zero-order valence-electron chi connectivity index (χ0n) is 7.60. The highest BCUT2D eigenvalue weighted by molar-refractivity contribution is 9.10. The molecule has 1 aromatic carbocycles. The second-order valence-corrected chi connectivity index (χ2v) is 4.26. The van der Waals surface area contributed by atoms with Crippen LogP contribution in [0.5, 0.6) is 0 Å². The number of rotatable bonds is 0. The number of nitrogens with one attached hydrogen (secondary N) is 1. The molecule has 1 aliphatic rings. The van der Waals surface area contributed by atoms with Crippen molar-refractivity contribution >= 4 is 21.6 Å². The van der Waals surface area contributed by atoms with Gasteiger partial charge in [0.05, 0.1) is 0 Å². The molecule has 0 fully saturated rings. The lowest BCUT2D eigenvalue weighted by molar-refractivity contribution is 0.540. The van der Waals surface area contributed by atoms with Crippen LogP contribution in [0.2, 0.25) is 0 Å². The molecule has 0 saturated heterocycles. The first-order valence-electron chi connectivity index (χ1n) is 4.50. The van der Waals surface area contributed by atoms with Crippen LogP contribution in [0.15, 0.2) is 16.6 Å². The van der Waals surface area contributed by atoms with Crippen LogP contribution in [-0.4, -0.2) is 6.54 Å². The monoisotopic (exact) mass is 240 g/mol. The minimum Gasteiger partial charge on any atom is -0.398 e. The maximum absolute atomic E-state index is 5.82. The number of hydrogen-bond acceptors (Lipinski definition) is 2. The van der Waals surface area contributed by atoms with Crippen LogP contribution in [0.1, 0.15) is 24.1 Å². The number of nitrogens with two attached hydrogens (primary N) is 1. The van der Waals surface area contributed by atoms with Crippen molar-refractivity contribution < 1.29 is 0 Å². The van der Waals surface area contributed by atoms with Gasteiger partial charge in [0.15, 0.2) is 0 Å². The average Bonchev–Trinajstić information content (AvgIpc) is 2.12. The van der Waals surface area contributed by atoms with Gasteiger partial charge < -0.3 is 11.1 Å². The lowest BCUT2D eigenvalue weighted by Crippen LogP contribution is -2.28. The molecule has 1 heterocycles. The number of halogens is 1. The number of hydrogen-bond donors (Lipinski definition) is 2. The molecule has 2 nitrogen and oxygen atoms in total. The van der Waals surface area contributed by atoms with Crippen molar-refractivity contribution in [3.63, 3.8) is 0 Å². The lowest BCUT2D eigenvalue weighted by Gasteiger charge is -2.25. The summed E-state index contributed by atoms with van der Waals surface area (Å²) < 4.78 is 1.08. The SMILES string of the molecule is CC1NCCc2c1ccc(N)c2Br. The van der Waals surface area contributed by atoms with E-state index in [9.17, 15) is 0 Å². The van der Waals surface area contributed by atoms with E-state index in [1.807, 2.05) is 6.07 Å². The highest BCUT2D eigenvalue weighted by Gasteiger charge is 2.18. The Kier molecular flexibility index (Phi) is 2.30. The van der Waals surface area contributed by atoms with Crippen molar-refractivity contribution in [2.45, 2.75) is 19.4 Å². The molecule has 0 saturated carbocycles. The molecule has 70 valence electrons. The van der Waals surface area contributed by atoms with E-state index in [1.54, 1.807) is 0 Å². The van der Waals surface area contributed by atoms with E-state index in [0.717, 1.165) is 23.1 Å². The smallest absolute Gasteiger partial charge is 0.0461 e. The van der Waals surface area contributed by atoms with Gasteiger partial charge in [-0.3, -0.25) is 0 Å². The molecule has 1 atom stereocenters. The van der Waals surface area contributed by atoms with E-state index in [-0.39, 0.29) is 0 Å². The van der Waals surface area contributed by atoms with Gasteiger partial charge in [0, 0.05) is 16.2 Å². The van der Waals surface area contributed by atoms with Gasteiger partial charge in [-0.05, 0) is 53.0 Å². The van der Waals surface area contributed by atoms with Crippen LogP contribution < -0.4 is 11.1 Å². The van der Waals surface area contributed by atoms with Gasteiger partial charge in [-0.2, -0.15) is 0 Å². The lowest BCUT2D eigenvalue weighted by atomic mass is 9.95. The van der Waals surface area contributed by atoms with Gasteiger partial charge in [0.1, 0.15) is 0 Å². The van der Waals surface area contributed by atoms with Crippen molar-refractivity contribution in [1.29, 1.82) is 0 Å². The Morgan fingerprint density at radius 1 is 1.54 bits per heavy atom. The maximum atomic E-state index is 5.82. The van der Waals surface area contributed by atoms with Gasteiger partial charge >= 0.3 is 0 Å². The van der Waals surface area contributed by atoms with Gasteiger partial charge in [-0.25, -0.2) is 0 Å². The first-order valence-corrected chi connectivity index (χ1v) is 5.29. The van der Waals surface area contributed by atoms with Crippen LogP contribution in [0.3, 0.4) is 0 Å². The molecule has 1 aromatic rings. The van der Waals surface area contributed by atoms with E-state index < -0.39 is 0 Å². The fourth-order valence-corrected chi connectivity index (χ4v) is 2.40. The van der Waals surface area contributed by atoms with E-state index in [2.05, 4.69) is 34.2 Å².